The molecule has 2 aromatic heterocycles. The molecule has 1 saturated heterocycles. The van der Waals surface area contributed by atoms with Gasteiger partial charge in [-0.05, 0) is 83.6 Å². The topological polar surface area (TPSA) is 116 Å². The number of hydrogen-bond acceptors (Lipinski definition) is 10. The van der Waals surface area contributed by atoms with Gasteiger partial charge >= 0.3 is 0 Å². The van der Waals surface area contributed by atoms with E-state index in [4.69, 9.17) is 33.9 Å². The summed E-state index contributed by atoms with van der Waals surface area (Å²) >= 11 is 0. The second-order valence-corrected chi connectivity index (χ2v) is 17.6. The van der Waals surface area contributed by atoms with Crippen LogP contribution in [0.3, 0.4) is 0 Å². The molecule has 0 radical (unpaired) electrons. The number of aliphatic hydroxyl groups is 1. The van der Waals surface area contributed by atoms with Crippen LogP contribution in [0.4, 0.5) is 5.82 Å². The van der Waals surface area contributed by atoms with Gasteiger partial charge in [-0.3, -0.25) is 9.47 Å². The standard InChI is InChI=1S/C58H62N6O5/c1-5-7-37-63(38-8-6-2)52-50(39-68-58(45-25-17-11-18-26-45,46-27-19-12-20-28-46)47-31-35-49(67-4)36-32-47)69-56(53(52)65)64-41-61-51-54(59-40-60-55(51)64)62-57(42-21-13-9-14-22-42,43-23-15-10-16-24-43)44-29-33-48(66-3)34-30-44/h9-36,40-41,50,52-53,56,65H,5-8,37-39H2,1-4H3,(H,59,60,62)/t50-,52-,53+,56-/m1/s1. The number of unbranched alkanes of at least 4 members (excludes halogenated alkanes) is 2. The summed E-state index contributed by atoms with van der Waals surface area (Å²) in [5.41, 5.74) is 4.97. The number of ether oxygens (including phenoxy) is 4. The van der Waals surface area contributed by atoms with Crippen molar-refractivity contribution in [3.05, 3.63) is 216 Å². The monoisotopic (exact) mass is 922 g/mol. The third-order valence-electron chi connectivity index (χ3n) is 13.6. The molecule has 0 unspecified atom stereocenters. The van der Waals surface area contributed by atoms with E-state index in [0.717, 1.165) is 83.7 Å². The summed E-state index contributed by atoms with van der Waals surface area (Å²) in [6, 6.07) is 57.1. The zero-order valence-electron chi connectivity index (χ0n) is 39.9. The molecule has 0 saturated carbocycles. The van der Waals surface area contributed by atoms with E-state index in [2.05, 4.69) is 96.9 Å². The largest absolute Gasteiger partial charge is 0.497 e. The van der Waals surface area contributed by atoms with E-state index in [1.807, 2.05) is 102 Å². The van der Waals surface area contributed by atoms with Crippen LogP contribution in [0.1, 0.15) is 79.1 Å². The van der Waals surface area contributed by atoms with Gasteiger partial charge in [0.2, 0.25) is 0 Å². The number of rotatable bonds is 21. The molecule has 4 atom stereocenters. The summed E-state index contributed by atoms with van der Waals surface area (Å²) in [7, 11) is 3.34. The zero-order valence-corrected chi connectivity index (χ0v) is 39.9. The van der Waals surface area contributed by atoms with Crippen molar-refractivity contribution in [1.29, 1.82) is 0 Å². The van der Waals surface area contributed by atoms with Crippen molar-refractivity contribution in [2.24, 2.45) is 0 Å². The van der Waals surface area contributed by atoms with E-state index >= 15 is 0 Å². The molecule has 8 aromatic rings. The second kappa shape index (κ2) is 21.6. The number of benzene rings is 6. The van der Waals surface area contributed by atoms with Crippen LogP contribution < -0.4 is 14.8 Å². The highest BCUT2D eigenvalue weighted by atomic mass is 16.6. The molecule has 3 heterocycles. The number of anilines is 1. The highest BCUT2D eigenvalue weighted by Crippen LogP contribution is 2.45. The Hall–Kier alpha value is -6.89. The van der Waals surface area contributed by atoms with Gasteiger partial charge in [0, 0.05) is 0 Å². The molecule has 1 aliphatic rings. The second-order valence-electron chi connectivity index (χ2n) is 17.6. The zero-order chi connectivity index (χ0) is 47.6. The van der Waals surface area contributed by atoms with Crippen LogP contribution in [-0.2, 0) is 20.6 Å². The fraction of sp³-hybridized carbons (Fsp3) is 0.293. The lowest BCUT2D eigenvalue weighted by Gasteiger charge is -2.38. The predicted octanol–water partition coefficient (Wildman–Crippen LogP) is 10.8. The van der Waals surface area contributed by atoms with Crippen LogP contribution in [-0.4, -0.2) is 81.7 Å². The molecule has 0 amide bonds. The van der Waals surface area contributed by atoms with Gasteiger partial charge in [-0.25, -0.2) is 15.0 Å². The average Bonchev–Trinajstić information content (AvgIpc) is 4.00. The van der Waals surface area contributed by atoms with Gasteiger partial charge in [0.05, 0.1) is 33.2 Å². The van der Waals surface area contributed by atoms with Gasteiger partial charge in [-0.2, -0.15) is 0 Å². The average molecular weight is 923 g/mol. The fourth-order valence-corrected chi connectivity index (χ4v) is 10.0. The van der Waals surface area contributed by atoms with Crippen molar-refractivity contribution in [3.8, 4) is 11.5 Å². The Bertz CT molecular complexity index is 2740. The maximum atomic E-state index is 12.8. The Balaban J connectivity index is 1.13. The van der Waals surface area contributed by atoms with Crippen molar-refractivity contribution in [1.82, 2.24) is 24.4 Å². The van der Waals surface area contributed by atoms with Crippen LogP contribution in [0.25, 0.3) is 11.2 Å². The maximum Gasteiger partial charge on any atom is 0.167 e. The van der Waals surface area contributed by atoms with Gasteiger partial charge < -0.3 is 29.4 Å². The van der Waals surface area contributed by atoms with Gasteiger partial charge in [0.25, 0.3) is 0 Å². The fourth-order valence-electron chi connectivity index (χ4n) is 10.0. The molecular weight excluding hydrogens is 861 g/mol. The van der Waals surface area contributed by atoms with Crippen LogP contribution in [0, 0.1) is 0 Å². The Labute approximate surface area is 405 Å². The molecule has 11 heteroatoms. The molecule has 2 N–H and O–H groups in total. The lowest BCUT2D eigenvalue weighted by molar-refractivity contribution is -0.0905. The summed E-state index contributed by atoms with van der Waals surface area (Å²) in [5, 5.41) is 16.8. The van der Waals surface area contributed by atoms with Gasteiger partial charge in [-0.1, -0.05) is 172 Å². The van der Waals surface area contributed by atoms with Crippen LogP contribution >= 0.6 is 0 Å². The third-order valence-corrected chi connectivity index (χ3v) is 13.6. The molecule has 11 nitrogen and oxygen atoms in total. The molecule has 9 rings (SSSR count). The molecule has 0 aliphatic carbocycles. The van der Waals surface area contributed by atoms with Gasteiger partial charge in [0.1, 0.15) is 41.2 Å². The number of aliphatic hydroxyl groups excluding tert-OH is 1. The van der Waals surface area contributed by atoms with E-state index in [1.165, 1.54) is 0 Å². The maximum absolute atomic E-state index is 12.8. The molecule has 1 aliphatic heterocycles. The van der Waals surface area contributed by atoms with E-state index < -0.39 is 35.6 Å². The predicted molar refractivity (Wildman–Crippen MR) is 272 cm³/mol. The first-order valence-electron chi connectivity index (χ1n) is 24.1. The normalized spacial score (nSPS) is 17.3. The van der Waals surface area contributed by atoms with Crippen molar-refractivity contribution < 1.29 is 24.1 Å². The Morgan fingerprint density at radius 2 is 1.07 bits per heavy atom. The lowest BCUT2D eigenvalue weighted by atomic mass is 9.77. The summed E-state index contributed by atoms with van der Waals surface area (Å²) in [4.78, 5) is 17.2. The summed E-state index contributed by atoms with van der Waals surface area (Å²) in [5.74, 6) is 2.03. The minimum atomic E-state index is -1.03. The number of nitrogens with zero attached hydrogens (tertiary/aromatic N) is 5. The Morgan fingerprint density at radius 3 is 1.57 bits per heavy atom. The molecule has 6 aromatic carbocycles. The first-order valence-corrected chi connectivity index (χ1v) is 24.1. The van der Waals surface area contributed by atoms with Crippen molar-refractivity contribution in [3.63, 3.8) is 0 Å². The van der Waals surface area contributed by atoms with Crippen LogP contribution in [0.15, 0.2) is 183 Å². The molecule has 69 heavy (non-hydrogen) atoms. The number of nitrogens with one attached hydrogen (secondary N) is 1. The number of imidazole rings is 1. The highest BCUT2D eigenvalue weighted by Gasteiger charge is 2.50. The molecular formula is C58H62N6O5. The lowest BCUT2D eigenvalue weighted by Crippen LogP contribution is -2.50. The van der Waals surface area contributed by atoms with E-state index in [9.17, 15) is 5.11 Å². The SMILES string of the molecule is CCCCN(CCCC)[C@H]1[C@H](O)[C@H](n2cnc3c(NC(c4ccccc4)(c4ccccc4)c4ccc(OC)cc4)ncnc32)O[C@@H]1COC(c1ccccc1)(c1ccccc1)c1ccc(OC)cc1. The minimum absolute atomic E-state index is 0.162. The summed E-state index contributed by atoms with van der Waals surface area (Å²) in [6.07, 6.45) is 4.89. The smallest absolute Gasteiger partial charge is 0.167 e. The van der Waals surface area contributed by atoms with E-state index in [-0.39, 0.29) is 6.61 Å². The molecule has 0 bridgehead atoms. The minimum Gasteiger partial charge on any atom is -0.497 e. The Morgan fingerprint density at radius 1 is 0.609 bits per heavy atom. The number of aromatic nitrogens is 4. The van der Waals surface area contributed by atoms with Crippen molar-refractivity contribution in [2.45, 2.75) is 75.1 Å². The molecule has 354 valence electrons. The van der Waals surface area contributed by atoms with Crippen molar-refractivity contribution >= 4 is 17.0 Å². The highest BCUT2D eigenvalue weighted by molar-refractivity contribution is 5.84. The quantitative estimate of drug-likeness (QED) is 0.0675. The molecule has 0 spiro atoms. The number of hydrogen-bond donors (Lipinski definition) is 2. The van der Waals surface area contributed by atoms with Crippen LogP contribution in [0.2, 0.25) is 0 Å². The van der Waals surface area contributed by atoms with E-state index in [0.29, 0.717) is 17.0 Å². The first-order chi connectivity index (χ1) is 33.9. The van der Waals surface area contributed by atoms with Crippen LogP contribution in [0.5, 0.6) is 11.5 Å². The summed E-state index contributed by atoms with van der Waals surface area (Å²) in [6.45, 7) is 6.18. The number of methoxy groups -OCH3 is 2. The van der Waals surface area contributed by atoms with Gasteiger partial charge in [-0.15, -0.1) is 0 Å². The Kier molecular flexibility index (Phi) is 14.8. The van der Waals surface area contributed by atoms with Crippen molar-refractivity contribution in [2.75, 3.05) is 39.2 Å². The third kappa shape index (κ3) is 9.35. The first kappa shape index (κ1) is 47.2. The number of fused-ring (bicyclic) bond motifs is 1. The van der Waals surface area contributed by atoms with E-state index in [1.54, 1.807) is 26.9 Å². The molecule has 1 fully saturated rings. The summed E-state index contributed by atoms with van der Waals surface area (Å²) < 4.78 is 27.7. The van der Waals surface area contributed by atoms with Gasteiger partial charge in [0.15, 0.2) is 23.2 Å².